The Bertz CT molecular complexity index is 1620. The molecule has 1 saturated carbocycles. The molecular weight excluding hydrogens is 462 g/mol. The molecule has 1 aromatic carbocycles. The minimum absolute atomic E-state index is 0.149. The van der Waals surface area contributed by atoms with Crippen molar-refractivity contribution < 1.29 is 9.53 Å². The normalized spacial score (nSPS) is 15.4. The molecule has 0 N–H and O–H groups in total. The Morgan fingerprint density at radius 3 is 2.83 bits per heavy atom. The number of hydrogen-bond acceptors (Lipinski definition) is 7. The van der Waals surface area contributed by atoms with Crippen molar-refractivity contribution in [2.75, 3.05) is 18.1 Å². The van der Waals surface area contributed by atoms with Crippen molar-refractivity contribution in [3.63, 3.8) is 0 Å². The first-order valence-corrected chi connectivity index (χ1v) is 12.3. The summed E-state index contributed by atoms with van der Waals surface area (Å²) in [6.07, 6.45) is 9.56. The van der Waals surface area contributed by atoms with Crippen molar-refractivity contribution in [3.05, 3.63) is 55.1 Å². The van der Waals surface area contributed by atoms with E-state index in [2.05, 4.69) is 26.3 Å². The van der Waals surface area contributed by atoms with Crippen LogP contribution in [0.3, 0.4) is 0 Å². The van der Waals surface area contributed by atoms with Gasteiger partial charge in [-0.3, -0.25) is 18.9 Å². The first kappa shape index (κ1) is 20.5. The Morgan fingerprint density at radius 1 is 1.09 bits per heavy atom. The van der Waals surface area contributed by atoms with Gasteiger partial charge in [-0.15, -0.1) is 10.2 Å². The summed E-state index contributed by atoms with van der Waals surface area (Å²) in [5.74, 6) is 1.06. The number of nitrogens with zero attached hydrogens (tertiary/aromatic N) is 7. The number of carbonyl (C=O) groups excluding carboxylic acids is 1. The van der Waals surface area contributed by atoms with Gasteiger partial charge >= 0.3 is 0 Å². The molecule has 1 fully saturated rings. The summed E-state index contributed by atoms with van der Waals surface area (Å²) >= 11 is 1.52. The van der Waals surface area contributed by atoms with E-state index in [0.717, 1.165) is 62.0 Å². The third-order valence-corrected chi connectivity index (χ3v) is 7.38. The number of anilines is 1. The monoisotopic (exact) mass is 483 g/mol. The molecule has 174 valence electrons. The molecule has 1 aliphatic carbocycles. The van der Waals surface area contributed by atoms with Crippen LogP contribution in [0.5, 0.6) is 5.75 Å². The molecule has 0 saturated heterocycles. The summed E-state index contributed by atoms with van der Waals surface area (Å²) in [5, 5.41) is 14.7. The van der Waals surface area contributed by atoms with Gasteiger partial charge in [0.2, 0.25) is 5.91 Å². The first-order valence-electron chi connectivity index (χ1n) is 11.5. The van der Waals surface area contributed by atoms with Crippen LogP contribution in [0.1, 0.15) is 12.8 Å². The lowest BCUT2D eigenvalue weighted by Gasteiger charge is -2.30. The summed E-state index contributed by atoms with van der Waals surface area (Å²) < 4.78 is 9.83. The topological polar surface area (TPSA) is 90.4 Å². The zero-order valence-corrected chi connectivity index (χ0v) is 19.8. The third-order valence-electron chi connectivity index (χ3n) is 6.43. The lowest BCUT2D eigenvalue weighted by atomic mass is 10.1. The summed E-state index contributed by atoms with van der Waals surface area (Å²) in [5.41, 5.74) is 4.44. The molecule has 10 heteroatoms. The smallest absolute Gasteiger partial charge is 0.230 e. The molecule has 0 atom stereocenters. The van der Waals surface area contributed by atoms with Crippen molar-refractivity contribution in [3.8, 4) is 16.9 Å². The van der Waals surface area contributed by atoms with Crippen LogP contribution >= 0.6 is 11.8 Å². The summed E-state index contributed by atoms with van der Waals surface area (Å²) in [6, 6.07) is 10.0. The van der Waals surface area contributed by atoms with E-state index in [0.29, 0.717) is 13.2 Å². The van der Waals surface area contributed by atoms with E-state index in [1.165, 1.54) is 11.8 Å². The molecule has 0 radical (unpaired) electrons. The number of benzene rings is 1. The van der Waals surface area contributed by atoms with E-state index in [1.54, 1.807) is 10.9 Å². The van der Waals surface area contributed by atoms with E-state index in [1.807, 2.05) is 59.2 Å². The van der Waals surface area contributed by atoms with Crippen LogP contribution in [0.2, 0.25) is 0 Å². The number of amides is 1. The minimum atomic E-state index is 0.149. The van der Waals surface area contributed by atoms with Crippen LogP contribution in [0, 0.1) is 5.92 Å². The van der Waals surface area contributed by atoms with Gasteiger partial charge in [0.15, 0.2) is 16.6 Å². The van der Waals surface area contributed by atoms with Crippen molar-refractivity contribution in [2.24, 2.45) is 13.0 Å². The van der Waals surface area contributed by atoms with Crippen molar-refractivity contribution >= 4 is 39.9 Å². The van der Waals surface area contributed by atoms with Gasteiger partial charge in [-0.05, 0) is 54.9 Å². The highest BCUT2D eigenvalue weighted by molar-refractivity contribution is 7.99. The van der Waals surface area contributed by atoms with Crippen LogP contribution in [0.25, 0.3) is 27.7 Å². The molecule has 35 heavy (non-hydrogen) atoms. The fraction of sp³-hybridized carbons (Fsp3) is 0.240. The van der Waals surface area contributed by atoms with E-state index >= 15 is 0 Å². The van der Waals surface area contributed by atoms with Gasteiger partial charge in [0, 0.05) is 46.8 Å². The molecule has 1 amide bonds. The van der Waals surface area contributed by atoms with E-state index in [-0.39, 0.29) is 11.8 Å². The number of ether oxygens (including phenoxy) is 1. The maximum absolute atomic E-state index is 12.8. The highest BCUT2D eigenvalue weighted by Gasteiger charge is 2.36. The lowest BCUT2D eigenvalue weighted by molar-refractivity contribution is -0.120. The number of aromatic nitrogens is 6. The highest BCUT2D eigenvalue weighted by Crippen LogP contribution is 2.42. The standard InChI is InChI=1S/C25H21N7O2S/c1-30-13-17(11-27-30)16-4-7-22-28-29-25(32(22)14-16)35-18-5-6-20-19(10-18)23-21(12-26-20)31(8-9-34-23)24(33)15-2-3-15/h4-7,10-15H,2-3,8-9H2,1H3. The van der Waals surface area contributed by atoms with Gasteiger partial charge in [0.05, 0.1) is 24.5 Å². The van der Waals surface area contributed by atoms with Crippen molar-refractivity contribution in [1.82, 2.24) is 29.4 Å². The molecule has 1 aliphatic heterocycles. The third kappa shape index (κ3) is 3.52. The highest BCUT2D eigenvalue weighted by atomic mass is 32.2. The van der Waals surface area contributed by atoms with Crippen LogP contribution < -0.4 is 9.64 Å². The average Bonchev–Trinajstić information content (AvgIpc) is 3.54. The van der Waals surface area contributed by atoms with Crippen LogP contribution in [0.4, 0.5) is 5.69 Å². The number of rotatable bonds is 4. The molecule has 7 rings (SSSR count). The fourth-order valence-electron chi connectivity index (χ4n) is 4.47. The molecule has 9 nitrogen and oxygen atoms in total. The van der Waals surface area contributed by atoms with Gasteiger partial charge < -0.3 is 9.64 Å². The molecule has 2 aliphatic rings. The Morgan fingerprint density at radius 2 is 2.00 bits per heavy atom. The van der Waals surface area contributed by atoms with Gasteiger partial charge in [-0.2, -0.15) is 5.10 Å². The van der Waals surface area contributed by atoms with Crippen LogP contribution in [0.15, 0.2) is 65.2 Å². The summed E-state index contributed by atoms with van der Waals surface area (Å²) in [6.45, 7) is 1.04. The van der Waals surface area contributed by atoms with E-state index in [4.69, 9.17) is 4.74 Å². The maximum Gasteiger partial charge on any atom is 0.230 e. The van der Waals surface area contributed by atoms with E-state index in [9.17, 15) is 4.79 Å². The molecule has 5 heterocycles. The second-order valence-corrected chi connectivity index (χ2v) is 9.94. The number of carbonyl (C=O) groups is 1. The zero-order valence-electron chi connectivity index (χ0n) is 19.0. The van der Waals surface area contributed by atoms with E-state index < -0.39 is 0 Å². The van der Waals surface area contributed by atoms with Gasteiger partial charge in [0.25, 0.3) is 0 Å². The van der Waals surface area contributed by atoms with Crippen molar-refractivity contribution in [2.45, 2.75) is 22.9 Å². The quantitative estimate of drug-likeness (QED) is 0.382. The van der Waals surface area contributed by atoms with Gasteiger partial charge in [0.1, 0.15) is 12.3 Å². The second-order valence-electron chi connectivity index (χ2n) is 8.90. The molecule has 0 spiro atoms. The van der Waals surface area contributed by atoms with Gasteiger partial charge in [-0.25, -0.2) is 0 Å². The Labute approximate surface area is 204 Å². The predicted octanol–water partition coefficient (Wildman–Crippen LogP) is 3.96. The Kier molecular flexibility index (Phi) is 4.56. The second kappa shape index (κ2) is 7.81. The maximum atomic E-state index is 12.8. The molecule has 0 unspecified atom stereocenters. The number of fused-ring (bicyclic) bond motifs is 4. The summed E-state index contributed by atoms with van der Waals surface area (Å²) in [7, 11) is 1.90. The Hall–Kier alpha value is -3.92. The van der Waals surface area contributed by atoms with Crippen LogP contribution in [-0.4, -0.2) is 48.4 Å². The minimum Gasteiger partial charge on any atom is -0.489 e. The largest absolute Gasteiger partial charge is 0.489 e. The van der Waals surface area contributed by atoms with Crippen LogP contribution in [-0.2, 0) is 11.8 Å². The first-order chi connectivity index (χ1) is 17.1. The molecule has 5 aromatic rings. The van der Waals surface area contributed by atoms with Gasteiger partial charge in [-0.1, -0.05) is 0 Å². The van der Waals surface area contributed by atoms with Crippen molar-refractivity contribution in [1.29, 1.82) is 0 Å². The Balaban J connectivity index is 1.26. The molecule has 0 bridgehead atoms. The zero-order chi connectivity index (χ0) is 23.5. The number of aryl methyl sites for hydroxylation is 1. The molecule has 4 aromatic heterocycles. The average molecular weight is 484 g/mol. The summed E-state index contributed by atoms with van der Waals surface area (Å²) in [4.78, 5) is 20.3. The number of hydrogen-bond donors (Lipinski definition) is 0. The SMILES string of the molecule is Cn1cc(-c2ccc3nnc(Sc4ccc5ncc6c(c5c4)OCCN6C(=O)C4CC4)n3c2)cn1. The number of pyridine rings is 2. The predicted molar refractivity (Wildman–Crippen MR) is 132 cm³/mol. The molecular formula is C25H21N7O2S. The lowest BCUT2D eigenvalue weighted by Crippen LogP contribution is -2.39. The fourth-order valence-corrected chi connectivity index (χ4v) is 5.32.